The van der Waals surface area contributed by atoms with Crippen LogP contribution in [0.15, 0.2) is 66.7 Å². The van der Waals surface area contributed by atoms with Gasteiger partial charge in [0.15, 0.2) is 0 Å². The predicted molar refractivity (Wildman–Crippen MR) is 128 cm³/mol. The van der Waals surface area contributed by atoms with Gasteiger partial charge in [-0.2, -0.15) is 0 Å². The Bertz CT molecular complexity index is 1040. The summed E-state index contributed by atoms with van der Waals surface area (Å²) in [6.45, 7) is 6.29. The second-order valence-corrected chi connectivity index (χ2v) is 7.79. The van der Waals surface area contributed by atoms with Crippen molar-refractivity contribution in [3.8, 4) is 0 Å². The number of hydrogen-bond donors (Lipinski definition) is 3. The molecule has 31 heavy (non-hydrogen) atoms. The quantitative estimate of drug-likeness (QED) is 0.472. The number of aryl methyl sites for hydroxylation is 4. The summed E-state index contributed by atoms with van der Waals surface area (Å²) >= 11 is 0. The van der Waals surface area contributed by atoms with E-state index < -0.39 is 0 Å². The molecule has 0 aliphatic rings. The Morgan fingerprint density at radius 1 is 0.742 bits per heavy atom. The van der Waals surface area contributed by atoms with E-state index in [1.54, 1.807) is 12.1 Å². The average Bonchev–Trinajstić information content (AvgIpc) is 2.72. The second kappa shape index (κ2) is 10.4. The van der Waals surface area contributed by atoms with Crippen molar-refractivity contribution in [2.45, 2.75) is 33.6 Å². The van der Waals surface area contributed by atoms with E-state index >= 15 is 0 Å². The second-order valence-electron chi connectivity index (χ2n) is 7.79. The van der Waals surface area contributed by atoms with Gasteiger partial charge >= 0.3 is 0 Å². The zero-order valence-corrected chi connectivity index (χ0v) is 18.3. The summed E-state index contributed by atoms with van der Waals surface area (Å²) in [7, 11) is 0. The Morgan fingerprint density at radius 2 is 1.35 bits per heavy atom. The molecule has 0 unspecified atom stereocenters. The van der Waals surface area contributed by atoms with E-state index in [0.717, 1.165) is 22.4 Å². The third-order valence-electron chi connectivity index (χ3n) is 5.02. The smallest absolute Gasteiger partial charge is 0.243 e. The SMILES string of the molecule is Cc1cc(C)c(NCC(=O)Nc2cccc(NC(=O)CCc3ccccc3)c2)c(C)c1. The summed E-state index contributed by atoms with van der Waals surface area (Å²) in [4.78, 5) is 24.7. The molecule has 0 atom stereocenters. The molecule has 0 aliphatic carbocycles. The molecule has 0 saturated heterocycles. The van der Waals surface area contributed by atoms with E-state index in [9.17, 15) is 9.59 Å². The lowest BCUT2D eigenvalue weighted by Crippen LogP contribution is -2.22. The number of amides is 2. The van der Waals surface area contributed by atoms with Crippen molar-refractivity contribution in [3.63, 3.8) is 0 Å². The van der Waals surface area contributed by atoms with Gasteiger partial charge in [0, 0.05) is 23.5 Å². The Balaban J connectivity index is 1.51. The van der Waals surface area contributed by atoms with E-state index in [2.05, 4.69) is 35.0 Å². The summed E-state index contributed by atoms with van der Waals surface area (Å²) < 4.78 is 0. The first kappa shape index (κ1) is 22.1. The number of hydrogen-bond acceptors (Lipinski definition) is 3. The standard InChI is InChI=1S/C26H29N3O2/c1-18-14-19(2)26(20(3)15-18)27-17-25(31)29-23-11-7-10-22(16-23)28-24(30)13-12-21-8-5-4-6-9-21/h4-11,14-16,27H,12-13,17H2,1-3H3,(H,28,30)(H,29,31). The number of carbonyl (C=O) groups excluding carboxylic acids is 2. The topological polar surface area (TPSA) is 70.2 Å². The Labute approximate surface area is 183 Å². The van der Waals surface area contributed by atoms with Crippen LogP contribution in [0.3, 0.4) is 0 Å². The number of anilines is 3. The van der Waals surface area contributed by atoms with Crippen LogP contribution in [0.1, 0.15) is 28.7 Å². The fourth-order valence-electron chi connectivity index (χ4n) is 3.63. The first-order chi connectivity index (χ1) is 14.9. The number of rotatable bonds is 8. The van der Waals surface area contributed by atoms with E-state index in [1.165, 1.54) is 5.56 Å². The van der Waals surface area contributed by atoms with E-state index in [1.807, 2.05) is 56.3 Å². The van der Waals surface area contributed by atoms with Gasteiger partial charge in [0.2, 0.25) is 11.8 Å². The van der Waals surface area contributed by atoms with Crippen molar-refractivity contribution in [2.24, 2.45) is 0 Å². The fourth-order valence-corrected chi connectivity index (χ4v) is 3.63. The molecule has 3 aromatic rings. The van der Waals surface area contributed by atoms with Gasteiger partial charge in [-0.05, 0) is 62.1 Å². The van der Waals surface area contributed by atoms with Gasteiger partial charge in [0.05, 0.1) is 6.54 Å². The van der Waals surface area contributed by atoms with Gasteiger partial charge in [-0.1, -0.05) is 54.1 Å². The molecule has 3 N–H and O–H groups in total. The van der Waals surface area contributed by atoms with Gasteiger partial charge in [-0.3, -0.25) is 9.59 Å². The normalized spacial score (nSPS) is 10.4. The molecule has 0 fully saturated rings. The lowest BCUT2D eigenvalue weighted by molar-refractivity contribution is -0.116. The minimum Gasteiger partial charge on any atom is -0.376 e. The van der Waals surface area contributed by atoms with Crippen LogP contribution in [0, 0.1) is 20.8 Å². The van der Waals surface area contributed by atoms with Crippen molar-refractivity contribution in [1.29, 1.82) is 0 Å². The molecule has 0 aliphatic heterocycles. The largest absolute Gasteiger partial charge is 0.376 e. The molecule has 160 valence electrons. The van der Waals surface area contributed by atoms with Crippen molar-refractivity contribution < 1.29 is 9.59 Å². The van der Waals surface area contributed by atoms with E-state index in [-0.39, 0.29) is 18.4 Å². The van der Waals surface area contributed by atoms with Crippen molar-refractivity contribution in [3.05, 3.63) is 89.0 Å². The first-order valence-electron chi connectivity index (χ1n) is 10.5. The van der Waals surface area contributed by atoms with Crippen LogP contribution in [0.4, 0.5) is 17.1 Å². The van der Waals surface area contributed by atoms with Gasteiger partial charge in [-0.25, -0.2) is 0 Å². The van der Waals surface area contributed by atoms with Crippen molar-refractivity contribution in [1.82, 2.24) is 0 Å². The Kier molecular flexibility index (Phi) is 7.44. The number of carbonyl (C=O) groups is 2. The number of nitrogens with one attached hydrogen (secondary N) is 3. The molecule has 5 nitrogen and oxygen atoms in total. The highest BCUT2D eigenvalue weighted by atomic mass is 16.2. The summed E-state index contributed by atoms with van der Waals surface area (Å²) in [6, 6.07) is 21.3. The summed E-state index contributed by atoms with van der Waals surface area (Å²) in [5.41, 5.74) is 6.85. The molecule has 0 saturated carbocycles. The number of benzene rings is 3. The molecule has 3 aromatic carbocycles. The molecule has 0 spiro atoms. The molecule has 5 heteroatoms. The zero-order chi connectivity index (χ0) is 22.2. The molecule has 0 heterocycles. The summed E-state index contributed by atoms with van der Waals surface area (Å²) in [6.07, 6.45) is 1.09. The molecule has 0 bridgehead atoms. The lowest BCUT2D eigenvalue weighted by Gasteiger charge is -2.14. The molecule has 2 amide bonds. The van der Waals surface area contributed by atoms with Crippen LogP contribution >= 0.6 is 0 Å². The predicted octanol–water partition coefficient (Wildman–Crippen LogP) is 5.23. The third kappa shape index (κ3) is 6.71. The highest BCUT2D eigenvalue weighted by Gasteiger charge is 2.08. The lowest BCUT2D eigenvalue weighted by atomic mass is 10.1. The van der Waals surface area contributed by atoms with Crippen LogP contribution in [0.25, 0.3) is 0 Å². The van der Waals surface area contributed by atoms with Crippen LogP contribution in [-0.4, -0.2) is 18.4 Å². The maximum Gasteiger partial charge on any atom is 0.243 e. The van der Waals surface area contributed by atoms with Gasteiger partial charge in [-0.15, -0.1) is 0 Å². The maximum absolute atomic E-state index is 12.4. The summed E-state index contributed by atoms with van der Waals surface area (Å²) in [5.74, 6) is -0.203. The Morgan fingerprint density at radius 3 is 2.00 bits per heavy atom. The molecular formula is C26H29N3O2. The van der Waals surface area contributed by atoms with Gasteiger partial charge in [0.25, 0.3) is 0 Å². The Hall–Kier alpha value is -3.60. The van der Waals surface area contributed by atoms with Crippen LogP contribution in [0.5, 0.6) is 0 Å². The van der Waals surface area contributed by atoms with Crippen molar-refractivity contribution in [2.75, 3.05) is 22.5 Å². The molecule has 0 radical (unpaired) electrons. The minimum absolute atomic E-state index is 0.0562. The minimum atomic E-state index is -0.146. The van der Waals surface area contributed by atoms with E-state index in [4.69, 9.17) is 0 Å². The van der Waals surface area contributed by atoms with E-state index in [0.29, 0.717) is 24.2 Å². The third-order valence-corrected chi connectivity index (χ3v) is 5.02. The van der Waals surface area contributed by atoms with Crippen molar-refractivity contribution >= 4 is 28.9 Å². The fraction of sp³-hybridized carbons (Fsp3) is 0.231. The molecular weight excluding hydrogens is 386 g/mol. The first-order valence-corrected chi connectivity index (χ1v) is 10.5. The van der Waals surface area contributed by atoms with Crippen LogP contribution < -0.4 is 16.0 Å². The summed E-state index contributed by atoms with van der Waals surface area (Å²) in [5, 5.41) is 9.01. The highest BCUT2D eigenvalue weighted by molar-refractivity contribution is 5.96. The molecule has 0 aromatic heterocycles. The maximum atomic E-state index is 12.4. The highest BCUT2D eigenvalue weighted by Crippen LogP contribution is 2.22. The van der Waals surface area contributed by atoms with Gasteiger partial charge in [0.1, 0.15) is 0 Å². The van der Waals surface area contributed by atoms with Crippen LogP contribution in [-0.2, 0) is 16.0 Å². The average molecular weight is 416 g/mol. The van der Waals surface area contributed by atoms with Crippen LogP contribution in [0.2, 0.25) is 0 Å². The monoisotopic (exact) mass is 415 g/mol. The molecule has 3 rings (SSSR count). The van der Waals surface area contributed by atoms with Gasteiger partial charge < -0.3 is 16.0 Å². The zero-order valence-electron chi connectivity index (χ0n) is 18.3.